The Morgan fingerprint density at radius 3 is 2.38 bits per heavy atom. The molecule has 0 aromatic heterocycles. The molecule has 8 nitrogen and oxygen atoms in total. The maximum atomic E-state index is 12.9. The van der Waals surface area contributed by atoms with Crippen LogP contribution in [-0.2, 0) is 32.1 Å². The number of hydrogen-bond acceptors (Lipinski definition) is 5. The van der Waals surface area contributed by atoms with Crippen LogP contribution in [0.15, 0.2) is 42.5 Å². The Morgan fingerprint density at radius 2 is 1.69 bits per heavy atom. The lowest BCUT2D eigenvalue weighted by molar-refractivity contribution is -0.153. The number of halogens is 2. The number of aryl methyl sites for hydroxylation is 1. The van der Waals surface area contributed by atoms with Gasteiger partial charge in [0.05, 0.1) is 19.3 Å². The quantitative estimate of drug-likeness (QED) is 0.496. The van der Waals surface area contributed by atoms with Crippen LogP contribution in [0.3, 0.4) is 0 Å². The van der Waals surface area contributed by atoms with Crippen molar-refractivity contribution in [1.29, 1.82) is 0 Å². The number of ether oxygens (including phenoxy) is 2. The predicted octanol–water partition coefficient (Wildman–Crippen LogP) is 4.72. The maximum absolute atomic E-state index is 12.9. The normalized spacial score (nSPS) is 18.8. The minimum absolute atomic E-state index is 0.0826. The van der Waals surface area contributed by atoms with Crippen LogP contribution >= 0.6 is 23.2 Å². The van der Waals surface area contributed by atoms with Crippen LogP contribution in [0, 0.1) is 0 Å². The van der Waals surface area contributed by atoms with Gasteiger partial charge >= 0.3 is 17.9 Å². The van der Waals surface area contributed by atoms with E-state index >= 15 is 0 Å². The van der Waals surface area contributed by atoms with Gasteiger partial charge in [0.2, 0.25) is 0 Å². The predicted molar refractivity (Wildman–Crippen MR) is 148 cm³/mol. The summed E-state index contributed by atoms with van der Waals surface area (Å²) in [5.41, 5.74) is 5.26. The molecule has 206 valence electrons. The second-order valence-corrected chi connectivity index (χ2v) is 10.9. The van der Waals surface area contributed by atoms with Crippen LogP contribution in [0.5, 0.6) is 0 Å². The van der Waals surface area contributed by atoms with Gasteiger partial charge in [-0.15, -0.1) is 0 Å². The lowest BCUT2D eigenvalue weighted by Gasteiger charge is -2.31. The molecule has 2 aromatic carbocycles. The van der Waals surface area contributed by atoms with E-state index in [9.17, 15) is 14.4 Å². The van der Waals surface area contributed by atoms with Gasteiger partial charge < -0.3 is 24.2 Å². The van der Waals surface area contributed by atoms with Crippen molar-refractivity contribution in [2.75, 3.05) is 46.4 Å². The second-order valence-electron chi connectivity index (χ2n) is 10.0. The third kappa shape index (κ3) is 6.24. The number of hydrogen-bond donors (Lipinski definition) is 0. The molecule has 1 fully saturated rings. The van der Waals surface area contributed by atoms with Gasteiger partial charge in [-0.05, 0) is 71.4 Å². The molecular weight excluding hydrogens is 541 g/mol. The molecule has 39 heavy (non-hydrogen) atoms. The fourth-order valence-electron chi connectivity index (χ4n) is 5.40. The summed E-state index contributed by atoms with van der Waals surface area (Å²) in [5.74, 6) is -0.912. The molecule has 0 spiro atoms. The Kier molecular flexibility index (Phi) is 8.45. The van der Waals surface area contributed by atoms with Crippen molar-refractivity contribution >= 4 is 46.7 Å². The zero-order chi connectivity index (χ0) is 27.5. The number of carbonyl (C=O) groups excluding carboxylic acids is 3. The van der Waals surface area contributed by atoms with Gasteiger partial charge in [-0.25, -0.2) is 4.79 Å². The Labute approximate surface area is 238 Å². The highest BCUT2D eigenvalue weighted by molar-refractivity contribution is 6.35. The van der Waals surface area contributed by atoms with E-state index in [2.05, 4.69) is 18.2 Å². The molecule has 0 N–H and O–H groups in total. The lowest BCUT2D eigenvalue weighted by Crippen LogP contribution is -2.50. The minimum Gasteiger partial charge on any atom is -0.445 e. The number of nitrogens with zero attached hydrogens (tertiary/aromatic N) is 3. The molecule has 1 aliphatic carbocycles. The molecular formula is C29H31Cl2N3O5. The third-order valence-corrected chi connectivity index (χ3v) is 8.02. The molecule has 3 amide bonds. The van der Waals surface area contributed by atoms with E-state index in [0.717, 1.165) is 35.1 Å². The van der Waals surface area contributed by atoms with Crippen molar-refractivity contribution in [3.05, 3.63) is 74.8 Å². The maximum Gasteiger partial charge on any atom is 0.410 e. The summed E-state index contributed by atoms with van der Waals surface area (Å²) in [6.45, 7) is 2.79. The van der Waals surface area contributed by atoms with E-state index < -0.39 is 17.9 Å². The van der Waals surface area contributed by atoms with Crippen LogP contribution in [-0.4, -0.2) is 79.0 Å². The van der Waals surface area contributed by atoms with Gasteiger partial charge in [-0.1, -0.05) is 41.4 Å². The highest BCUT2D eigenvalue weighted by Gasteiger charge is 2.32. The van der Waals surface area contributed by atoms with Gasteiger partial charge in [0.25, 0.3) is 0 Å². The number of benzene rings is 2. The standard InChI is InChI=1S/C29H31Cl2N3O5/c1-32(29(37)39-18-19-14-23(30)17-24(31)15-19)26-5-4-21-2-3-22(16-25(21)26)20-6-8-33(9-7-20)27(35)28(36)34-10-12-38-13-11-34/h2-3,6,14-17,26H,4-5,7-13,18H2,1H3. The average Bonchev–Trinajstić information content (AvgIpc) is 3.38. The topological polar surface area (TPSA) is 79.4 Å². The Balaban J connectivity index is 1.22. The number of morpholine rings is 1. The van der Waals surface area contributed by atoms with Crippen molar-refractivity contribution in [3.8, 4) is 0 Å². The number of amides is 3. The summed E-state index contributed by atoms with van der Waals surface area (Å²) in [7, 11) is 1.76. The van der Waals surface area contributed by atoms with E-state index in [1.807, 2.05) is 6.08 Å². The first-order valence-corrected chi connectivity index (χ1v) is 13.9. The highest BCUT2D eigenvalue weighted by atomic mass is 35.5. The van der Waals surface area contributed by atoms with E-state index in [0.29, 0.717) is 55.9 Å². The first-order chi connectivity index (χ1) is 18.8. The van der Waals surface area contributed by atoms with Crippen molar-refractivity contribution in [1.82, 2.24) is 14.7 Å². The number of fused-ring (bicyclic) bond motifs is 1. The molecule has 0 bridgehead atoms. The molecule has 1 saturated heterocycles. The molecule has 2 aliphatic heterocycles. The number of rotatable bonds is 4. The molecule has 0 saturated carbocycles. The minimum atomic E-state index is -0.457. The SMILES string of the molecule is CN(C(=O)OCc1cc(Cl)cc(Cl)c1)C1CCc2ccc(C3=CCN(C(=O)C(=O)N4CCOCC4)CC3)cc21. The molecule has 2 aromatic rings. The van der Waals surface area contributed by atoms with Gasteiger partial charge in [-0.3, -0.25) is 9.59 Å². The lowest BCUT2D eigenvalue weighted by atomic mass is 9.95. The van der Waals surface area contributed by atoms with Gasteiger partial charge in [0, 0.05) is 43.3 Å². The van der Waals surface area contributed by atoms with Gasteiger partial charge in [0.15, 0.2) is 0 Å². The monoisotopic (exact) mass is 571 g/mol. The van der Waals surface area contributed by atoms with E-state index in [1.54, 1.807) is 39.9 Å². The number of carbonyl (C=O) groups is 3. The zero-order valence-corrected chi connectivity index (χ0v) is 23.3. The van der Waals surface area contributed by atoms with Crippen molar-refractivity contribution in [2.45, 2.75) is 31.9 Å². The third-order valence-electron chi connectivity index (χ3n) is 7.58. The first-order valence-electron chi connectivity index (χ1n) is 13.1. The summed E-state index contributed by atoms with van der Waals surface area (Å²) < 4.78 is 10.8. The summed E-state index contributed by atoms with van der Waals surface area (Å²) in [6.07, 6.45) is 3.97. The van der Waals surface area contributed by atoms with E-state index in [1.165, 1.54) is 5.56 Å². The summed E-state index contributed by atoms with van der Waals surface area (Å²) in [6, 6.07) is 11.4. The van der Waals surface area contributed by atoms with Crippen molar-refractivity contribution in [2.24, 2.45) is 0 Å². The molecule has 1 atom stereocenters. The first kappa shape index (κ1) is 27.5. The van der Waals surface area contributed by atoms with Gasteiger partial charge in [0.1, 0.15) is 6.61 Å². The van der Waals surface area contributed by atoms with Crippen molar-refractivity contribution in [3.63, 3.8) is 0 Å². The average molecular weight is 572 g/mol. The Bertz CT molecular complexity index is 1290. The molecule has 10 heteroatoms. The van der Waals surface area contributed by atoms with Crippen LogP contribution in [0.25, 0.3) is 5.57 Å². The molecule has 1 unspecified atom stereocenters. The van der Waals surface area contributed by atoms with Crippen LogP contribution < -0.4 is 0 Å². The van der Waals surface area contributed by atoms with Crippen LogP contribution in [0.1, 0.15) is 41.1 Å². The Morgan fingerprint density at radius 1 is 0.974 bits per heavy atom. The smallest absolute Gasteiger partial charge is 0.410 e. The molecule has 3 aliphatic rings. The van der Waals surface area contributed by atoms with Crippen LogP contribution in [0.4, 0.5) is 4.79 Å². The zero-order valence-electron chi connectivity index (χ0n) is 21.8. The van der Waals surface area contributed by atoms with Crippen molar-refractivity contribution < 1.29 is 23.9 Å². The highest BCUT2D eigenvalue weighted by Crippen LogP contribution is 2.38. The summed E-state index contributed by atoms with van der Waals surface area (Å²) in [4.78, 5) is 43.1. The largest absolute Gasteiger partial charge is 0.445 e. The summed E-state index contributed by atoms with van der Waals surface area (Å²) in [5, 5.41) is 0.986. The summed E-state index contributed by atoms with van der Waals surface area (Å²) >= 11 is 12.1. The Hall–Kier alpha value is -3.07. The van der Waals surface area contributed by atoms with Crippen LogP contribution in [0.2, 0.25) is 10.0 Å². The fourth-order valence-corrected chi connectivity index (χ4v) is 5.97. The molecule has 2 heterocycles. The second kappa shape index (κ2) is 12.0. The fraction of sp³-hybridized carbons (Fsp3) is 0.414. The molecule has 0 radical (unpaired) electrons. The van der Waals surface area contributed by atoms with Gasteiger partial charge in [-0.2, -0.15) is 0 Å². The van der Waals surface area contributed by atoms with E-state index in [-0.39, 0.29) is 12.6 Å². The molecule has 5 rings (SSSR count). The van der Waals surface area contributed by atoms with E-state index in [4.69, 9.17) is 32.7 Å².